The number of ether oxygens (including phenoxy) is 1. The van der Waals surface area contributed by atoms with Crippen LogP contribution in [-0.4, -0.2) is 27.7 Å². The van der Waals surface area contributed by atoms with Crippen LogP contribution in [0.5, 0.6) is 0 Å². The second-order valence-electron chi connectivity index (χ2n) is 4.22. The maximum Gasteiger partial charge on any atom is 0.316 e. The van der Waals surface area contributed by atoms with E-state index in [0.29, 0.717) is 9.86 Å². The van der Waals surface area contributed by atoms with Crippen molar-refractivity contribution in [3.05, 3.63) is 28.3 Å². The Morgan fingerprint density at radius 2 is 2.30 bits per heavy atom. The summed E-state index contributed by atoms with van der Waals surface area (Å²) in [5.41, 5.74) is 0.734. The highest BCUT2D eigenvalue weighted by Gasteiger charge is 2.12. The van der Waals surface area contributed by atoms with E-state index in [1.165, 1.54) is 35.2 Å². The SMILES string of the molecule is CC(C)OC(=O)CSc1nc2ccc([N+](=O)[O-])cc2s1. The van der Waals surface area contributed by atoms with Gasteiger partial charge in [-0.15, -0.1) is 11.3 Å². The van der Waals surface area contributed by atoms with Crippen LogP contribution in [0.4, 0.5) is 5.69 Å². The van der Waals surface area contributed by atoms with E-state index in [9.17, 15) is 14.9 Å². The van der Waals surface area contributed by atoms with Crippen molar-refractivity contribution < 1.29 is 14.5 Å². The lowest BCUT2D eigenvalue weighted by atomic mass is 10.3. The zero-order valence-electron chi connectivity index (χ0n) is 10.9. The summed E-state index contributed by atoms with van der Waals surface area (Å²) in [6.45, 7) is 3.58. The highest BCUT2D eigenvalue weighted by atomic mass is 32.2. The van der Waals surface area contributed by atoms with Gasteiger partial charge in [-0.3, -0.25) is 14.9 Å². The van der Waals surface area contributed by atoms with E-state index in [0.717, 1.165) is 4.70 Å². The zero-order chi connectivity index (χ0) is 14.7. The van der Waals surface area contributed by atoms with Crippen molar-refractivity contribution in [2.45, 2.75) is 24.3 Å². The van der Waals surface area contributed by atoms with Crippen molar-refractivity contribution in [1.82, 2.24) is 4.98 Å². The standard InChI is InChI=1S/C12H12N2O4S2/c1-7(2)18-11(15)6-19-12-13-9-4-3-8(14(16)17)5-10(9)20-12/h3-5,7H,6H2,1-2H3. The third-order valence-corrected chi connectivity index (χ3v) is 4.38. The quantitative estimate of drug-likeness (QED) is 0.365. The summed E-state index contributed by atoms with van der Waals surface area (Å²) in [5.74, 6) is -0.115. The number of esters is 1. The van der Waals surface area contributed by atoms with Gasteiger partial charge in [0.1, 0.15) is 0 Å². The number of fused-ring (bicyclic) bond motifs is 1. The average Bonchev–Trinajstić information content (AvgIpc) is 2.77. The minimum atomic E-state index is -0.439. The van der Waals surface area contributed by atoms with Gasteiger partial charge in [-0.1, -0.05) is 11.8 Å². The number of nitro benzene ring substituents is 1. The number of hydrogen-bond acceptors (Lipinski definition) is 7. The highest BCUT2D eigenvalue weighted by molar-refractivity contribution is 8.01. The second kappa shape index (κ2) is 6.19. The van der Waals surface area contributed by atoms with Crippen molar-refractivity contribution in [2.75, 3.05) is 5.75 Å². The van der Waals surface area contributed by atoms with E-state index < -0.39 is 4.92 Å². The van der Waals surface area contributed by atoms with Gasteiger partial charge in [0.2, 0.25) is 0 Å². The number of carbonyl (C=O) groups excluding carboxylic acids is 1. The number of thiazole rings is 1. The molecule has 0 bridgehead atoms. The number of non-ortho nitro benzene ring substituents is 1. The number of nitro groups is 1. The summed E-state index contributed by atoms with van der Waals surface area (Å²) in [6, 6.07) is 4.52. The first-order valence-electron chi connectivity index (χ1n) is 5.83. The molecule has 0 saturated carbocycles. The minimum Gasteiger partial charge on any atom is -0.462 e. The fraction of sp³-hybridized carbons (Fsp3) is 0.333. The third-order valence-electron chi connectivity index (χ3n) is 2.24. The Labute approximate surface area is 123 Å². The van der Waals surface area contributed by atoms with Gasteiger partial charge in [0.15, 0.2) is 4.34 Å². The zero-order valence-corrected chi connectivity index (χ0v) is 12.5. The van der Waals surface area contributed by atoms with Crippen LogP contribution < -0.4 is 0 Å². The minimum absolute atomic E-state index is 0.0388. The van der Waals surface area contributed by atoms with Gasteiger partial charge in [0, 0.05) is 12.1 Å². The van der Waals surface area contributed by atoms with Crippen LogP contribution in [0.2, 0.25) is 0 Å². The molecule has 0 amide bonds. The Morgan fingerprint density at radius 1 is 1.55 bits per heavy atom. The van der Waals surface area contributed by atoms with Crippen molar-refractivity contribution in [1.29, 1.82) is 0 Å². The molecule has 1 aromatic carbocycles. The lowest BCUT2D eigenvalue weighted by Crippen LogP contribution is -2.13. The molecule has 0 radical (unpaired) electrons. The molecule has 0 unspecified atom stereocenters. The van der Waals surface area contributed by atoms with Crippen LogP contribution in [-0.2, 0) is 9.53 Å². The third kappa shape index (κ3) is 3.67. The molecule has 0 saturated heterocycles. The fourth-order valence-electron chi connectivity index (χ4n) is 1.49. The summed E-state index contributed by atoms with van der Waals surface area (Å²) < 4.78 is 6.46. The molecule has 1 aromatic heterocycles. The fourth-order valence-corrected chi connectivity index (χ4v) is 3.37. The first-order valence-corrected chi connectivity index (χ1v) is 7.63. The second-order valence-corrected chi connectivity index (χ2v) is 6.47. The molecule has 0 atom stereocenters. The number of hydrogen-bond donors (Lipinski definition) is 0. The molecular weight excluding hydrogens is 300 g/mol. The van der Waals surface area contributed by atoms with Crippen molar-refractivity contribution in [3.8, 4) is 0 Å². The number of nitrogens with zero attached hydrogens (tertiary/aromatic N) is 2. The predicted molar refractivity (Wildman–Crippen MR) is 78.2 cm³/mol. The van der Waals surface area contributed by atoms with Crippen LogP contribution in [0.3, 0.4) is 0 Å². The van der Waals surface area contributed by atoms with Crippen molar-refractivity contribution in [3.63, 3.8) is 0 Å². The number of benzene rings is 1. The van der Waals surface area contributed by atoms with Gasteiger partial charge in [-0.05, 0) is 19.9 Å². The molecule has 8 heteroatoms. The van der Waals surface area contributed by atoms with E-state index in [1.807, 2.05) is 0 Å². The number of thioether (sulfide) groups is 1. The monoisotopic (exact) mass is 312 g/mol. The predicted octanol–water partition coefficient (Wildman–Crippen LogP) is 3.25. The molecule has 0 aliphatic carbocycles. The Morgan fingerprint density at radius 3 is 2.95 bits per heavy atom. The Balaban J connectivity index is 2.08. The molecule has 0 N–H and O–H groups in total. The van der Waals surface area contributed by atoms with E-state index in [1.54, 1.807) is 19.9 Å². The van der Waals surface area contributed by atoms with E-state index in [-0.39, 0.29) is 23.5 Å². The van der Waals surface area contributed by atoms with E-state index in [4.69, 9.17) is 4.74 Å². The first kappa shape index (κ1) is 14.7. The molecule has 0 fully saturated rings. The Hall–Kier alpha value is -1.67. The summed E-state index contributed by atoms with van der Waals surface area (Å²) in [7, 11) is 0. The molecule has 0 aliphatic rings. The normalized spacial score (nSPS) is 10.9. The van der Waals surface area contributed by atoms with Crippen molar-refractivity contribution >= 4 is 45.0 Å². The molecule has 0 spiro atoms. The van der Waals surface area contributed by atoms with Gasteiger partial charge in [-0.25, -0.2) is 4.98 Å². The molecule has 0 aliphatic heterocycles. The molecule has 1 heterocycles. The first-order chi connectivity index (χ1) is 9.45. The summed E-state index contributed by atoms with van der Waals surface area (Å²) in [5, 5.41) is 10.7. The number of carbonyl (C=O) groups is 1. The van der Waals surface area contributed by atoms with Crippen LogP contribution in [0.15, 0.2) is 22.5 Å². The van der Waals surface area contributed by atoms with Crippen LogP contribution in [0.1, 0.15) is 13.8 Å². The van der Waals surface area contributed by atoms with E-state index in [2.05, 4.69) is 4.98 Å². The summed E-state index contributed by atoms with van der Waals surface area (Å²) >= 11 is 2.60. The Bertz CT molecular complexity index is 654. The maximum atomic E-state index is 11.4. The smallest absolute Gasteiger partial charge is 0.316 e. The van der Waals surface area contributed by atoms with Gasteiger partial charge >= 0.3 is 5.97 Å². The van der Waals surface area contributed by atoms with Gasteiger partial charge in [0.25, 0.3) is 5.69 Å². The molecule has 106 valence electrons. The summed E-state index contributed by atoms with van der Waals surface area (Å²) in [4.78, 5) is 26.0. The molecular formula is C12H12N2O4S2. The van der Waals surface area contributed by atoms with Crippen molar-refractivity contribution in [2.24, 2.45) is 0 Å². The topological polar surface area (TPSA) is 82.3 Å². The summed E-state index contributed by atoms with van der Waals surface area (Å²) in [6.07, 6.45) is -0.138. The number of aromatic nitrogens is 1. The van der Waals surface area contributed by atoms with E-state index >= 15 is 0 Å². The van der Waals surface area contributed by atoms with Gasteiger partial charge in [0.05, 0.1) is 27.0 Å². The van der Waals surface area contributed by atoms with Gasteiger partial charge in [-0.2, -0.15) is 0 Å². The van der Waals surface area contributed by atoms with Crippen LogP contribution in [0, 0.1) is 10.1 Å². The maximum absolute atomic E-state index is 11.4. The van der Waals surface area contributed by atoms with Gasteiger partial charge < -0.3 is 4.74 Å². The van der Waals surface area contributed by atoms with Crippen LogP contribution in [0.25, 0.3) is 10.2 Å². The average molecular weight is 312 g/mol. The number of rotatable bonds is 5. The van der Waals surface area contributed by atoms with Crippen LogP contribution >= 0.6 is 23.1 Å². The molecule has 20 heavy (non-hydrogen) atoms. The molecule has 2 rings (SSSR count). The largest absolute Gasteiger partial charge is 0.462 e. The Kier molecular flexibility index (Phi) is 4.56. The molecule has 2 aromatic rings. The lowest BCUT2D eigenvalue weighted by Gasteiger charge is -2.06. The lowest BCUT2D eigenvalue weighted by molar-refractivity contribution is -0.384. The highest BCUT2D eigenvalue weighted by Crippen LogP contribution is 2.31. The molecule has 6 nitrogen and oxygen atoms in total.